The quantitative estimate of drug-likeness (QED) is 0.310. The van der Waals surface area contributed by atoms with Gasteiger partial charge in [0, 0.05) is 30.4 Å². The van der Waals surface area contributed by atoms with Gasteiger partial charge in [0.05, 0.1) is 19.6 Å². The fourth-order valence-electron chi connectivity index (χ4n) is 3.81. The highest BCUT2D eigenvalue weighted by atomic mass is 32.2. The number of rotatable bonds is 7. The average molecular weight is 504 g/mol. The molecule has 0 saturated carbocycles. The highest BCUT2D eigenvalue weighted by Gasteiger charge is 2.54. The van der Waals surface area contributed by atoms with Gasteiger partial charge in [0.2, 0.25) is 0 Å². The molecule has 4 rings (SSSR count). The number of hydrogen-bond donors (Lipinski definition) is 2. The van der Waals surface area contributed by atoms with Crippen molar-refractivity contribution in [3.05, 3.63) is 45.5 Å². The Balaban J connectivity index is 1.59. The van der Waals surface area contributed by atoms with Crippen molar-refractivity contribution in [1.82, 2.24) is 10.2 Å². The average Bonchev–Trinajstić information content (AvgIpc) is 2.83. The first-order valence-electron chi connectivity index (χ1n) is 10.2. The van der Waals surface area contributed by atoms with E-state index >= 15 is 0 Å². The van der Waals surface area contributed by atoms with Crippen LogP contribution in [0.15, 0.2) is 38.7 Å². The predicted octanol–water partition coefficient (Wildman–Crippen LogP) is 0.725. The number of amides is 2. The monoisotopic (exact) mass is 504 g/mol. The maximum atomic E-state index is 12.9. The molecule has 0 unspecified atom stereocenters. The third kappa shape index (κ3) is 4.30. The van der Waals surface area contributed by atoms with Crippen LogP contribution in [0.1, 0.15) is 17.3 Å². The molecular formula is C22H20N2O10S. The number of hydrogen-bond acceptors (Lipinski definition) is 10. The van der Waals surface area contributed by atoms with E-state index < -0.39 is 40.8 Å². The van der Waals surface area contributed by atoms with E-state index in [1.807, 2.05) is 0 Å². The number of carboxylic acid groups (broad SMARTS) is 1. The summed E-state index contributed by atoms with van der Waals surface area (Å²) in [5.41, 5.74) is -1.15. The minimum atomic E-state index is -1.35. The number of carbonyl (C=O) groups excluding carboxylic acids is 3. The Labute approximate surface area is 201 Å². The maximum absolute atomic E-state index is 12.9. The van der Waals surface area contributed by atoms with Crippen LogP contribution < -0.4 is 20.4 Å². The van der Waals surface area contributed by atoms with E-state index in [9.17, 15) is 29.1 Å². The van der Waals surface area contributed by atoms with Gasteiger partial charge in [-0.15, -0.1) is 11.8 Å². The number of carboxylic acids is 1. The lowest BCUT2D eigenvalue weighted by Gasteiger charge is -2.49. The Hall–Kier alpha value is -4.00. The first kappa shape index (κ1) is 24.1. The highest BCUT2D eigenvalue weighted by Crippen LogP contribution is 2.40. The topological polar surface area (TPSA) is 162 Å². The van der Waals surface area contributed by atoms with Crippen LogP contribution in [-0.4, -0.2) is 71.8 Å². The second kappa shape index (κ2) is 9.33. The molecule has 3 heterocycles. The molecule has 1 aromatic heterocycles. The molecule has 2 aliphatic rings. The molecule has 1 aromatic carbocycles. The zero-order chi connectivity index (χ0) is 25.4. The Kier molecular flexibility index (Phi) is 6.43. The number of β-lactam (4-membered cyclic amide) rings is 1. The SMILES string of the molecule is COc1cc(OC)c2cc(C(=O)N[C@@H]3C(=O)N4C(C(=O)O)=C(COC(C)=O)CS[C@H]34)c(=O)oc2c1. The van der Waals surface area contributed by atoms with Gasteiger partial charge in [-0.1, -0.05) is 0 Å². The number of ether oxygens (including phenoxy) is 3. The predicted molar refractivity (Wildman–Crippen MR) is 121 cm³/mol. The van der Waals surface area contributed by atoms with E-state index in [1.54, 1.807) is 6.07 Å². The van der Waals surface area contributed by atoms with Crippen molar-refractivity contribution in [3.8, 4) is 11.5 Å². The van der Waals surface area contributed by atoms with Crippen LogP contribution in [0.3, 0.4) is 0 Å². The summed E-state index contributed by atoms with van der Waals surface area (Å²) in [6.45, 7) is 0.928. The summed E-state index contributed by atoms with van der Waals surface area (Å²) in [6.07, 6.45) is 0. The summed E-state index contributed by atoms with van der Waals surface area (Å²) in [5.74, 6) is -2.59. The Bertz CT molecular complexity index is 1350. The molecule has 1 saturated heterocycles. The number of esters is 1. The number of carbonyl (C=O) groups is 4. The molecule has 184 valence electrons. The van der Waals surface area contributed by atoms with Crippen LogP contribution in [0.2, 0.25) is 0 Å². The number of methoxy groups -OCH3 is 2. The van der Waals surface area contributed by atoms with Crippen molar-refractivity contribution in [1.29, 1.82) is 0 Å². The van der Waals surface area contributed by atoms with Gasteiger partial charge in [-0.3, -0.25) is 19.3 Å². The fourth-order valence-corrected chi connectivity index (χ4v) is 5.14. The first-order chi connectivity index (χ1) is 16.7. The van der Waals surface area contributed by atoms with Crippen LogP contribution in [0.5, 0.6) is 11.5 Å². The van der Waals surface area contributed by atoms with Gasteiger partial charge < -0.3 is 29.1 Å². The van der Waals surface area contributed by atoms with Crippen molar-refractivity contribution >= 4 is 46.5 Å². The summed E-state index contributed by atoms with van der Waals surface area (Å²) < 4.78 is 20.6. The lowest BCUT2D eigenvalue weighted by molar-refractivity contribution is -0.149. The van der Waals surface area contributed by atoms with E-state index in [1.165, 1.54) is 45.0 Å². The second-order valence-electron chi connectivity index (χ2n) is 7.59. The molecule has 2 aromatic rings. The van der Waals surface area contributed by atoms with Crippen molar-refractivity contribution in [3.63, 3.8) is 0 Å². The highest BCUT2D eigenvalue weighted by molar-refractivity contribution is 8.00. The summed E-state index contributed by atoms with van der Waals surface area (Å²) in [7, 11) is 2.84. The maximum Gasteiger partial charge on any atom is 0.352 e. The van der Waals surface area contributed by atoms with E-state index in [-0.39, 0.29) is 34.8 Å². The minimum absolute atomic E-state index is 0.146. The van der Waals surface area contributed by atoms with E-state index in [0.29, 0.717) is 16.9 Å². The number of thioether (sulfide) groups is 1. The summed E-state index contributed by atoms with van der Waals surface area (Å²) >= 11 is 1.20. The number of aliphatic carboxylic acids is 1. The van der Waals surface area contributed by atoms with Crippen LogP contribution in [-0.2, 0) is 19.1 Å². The van der Waals surface area contributed by atoms with Crippen molar-refractivity contribution in [2.45, 2.75) is 18.3 Å². The largest absolute Gasteiger partial charge is 0.496 e. The molecule has 2 atom stereocenters. The molecule has 0 radical (unpaired) electrons. The second-order valence-corrected chi connectivity index (χ2v) is 8.69. The summed E-state index contributed by atoms with van der Waals surface area (Å²) in [4.78, 5) is 62.1. The molecule has 0 bridgehead atoms. The number of nitrogens with zero attached hydrogens (tertiary/aromatic N) is 1. The molecule has 0 spiro atoms. The zero-order valence-corrected chi connectivity index (χ0v) is 19.6. The summed E-state index contributed by atoms with van der Waals surface area (Å²) in [5, 5.41) is 11.8. The van der Waals surface area contributed by atoms with Gasteiger partial charge in [0.1, 0.15) is 46.4 Å². The molecule has 12 nitrogen and oxygen atoms in total. The molecule has 13 heteroatoms. The molecule has 1 fully saturated rings. The lowest BCUT2D eigenvalue weighted by atomic mass is 10.0. The standard InChI is InChI=1S/C22H20N2O10S/c1-9(25)33-7-10-8-35-20-16(19(27)24(20)17(10)21(28)29)23-18(26)13-6-12-14(32-3)4-11(31-2)5-15(12)34-22(13)30/h4-6,16,20H,7-8H2,1-3H3,(H,23,26)(H,28,29)/t16-,20-/m1/s1. The molecule has 0 aliphatic carbocycles. The number of nitrogens with one attached hydrogen (secondary N) is 1. The molecule has 2 aliphatic heterocycles. The molecule has 2 amide bonds. The Morgan fingerprint density at radius 2 is 1.94 bits per heavy atom. The summed E-state index contributed by atoms with van der Waals surface area (Å²) in [6, 6.07) is 3.26. The number of fused-ring (bicyclic) bond motifs is 2. The van der Waals surface area contributed by atoms with E-state index in [0.717, 1.165) is 4.90 Å². The fraction of sp³-hybridized carbons (Fsp3) is 0.318. The third-order valence-corrected chi connectivity index (χ3v) is 6.81. The van der Waals surface area contributed by atoms with Crippen LogP contribution in [0.25, 0.3) is 11.0 Å². The van der Waals surface area contributed by atoms with Gasteiger partial charge in [-0.25, -0.2) is 9.59 Å². The van der Waals surface area contributed by atoms with Crippen LogP contribution >= 0.6 is 11.8 Å². The van der Waals surface area contributed by atoms with Gasteiger partial charge in [0.15, 0.2) is 0 Å². The first-order valence-corrected chi connectivity index (χ1v) is 11.2. The minimum Gasteiger partial charge on any atom is -0.496 e. The molecule has 35 heavy (non-hydrogen) atoms. The van der Waals surface area contributed by atoms with Crippen LogP contribution in [0, 0.1) is 0 Å². The van der Waals surface area contributed by atoms with E-state index in [4.69, 9.17) is 18.6 Å². The van der Waals surface area contributed by atoms with Crippen LogP contribution in [0.4, 0.5) is 0 Å². The molecule has 2 N–H and O–H groups in total. The number of benzene rings is 1. The van der Waals surface area contributed by atoms with E-state index in [2.05, 4.69) is 5.32 Å². The van der Waals surface area contributed by atoms with Gasteiger partial charge in [-0.05, 0) is 6.07 Å². The van der Waals surface area contributed by atoms with Crippen molar-refractivity contribution < 1.29 is 42.9 Å². The van der Waals surface area contributed by atoms with Crippen molar-refractivity contribution in [2.75, 3.05) is 26.6 Å². The Morgan fingerprint density at radius 1 is 1.20 bits per heavy atom. The zero-order valence-electron chi connectivity index (χ0n) is 18.8. The van der Waals surface area contributed by atoms with Crippen molar-refractivity contribution in [2.24, 2.45) is 0 Å². The normalized spacial score (nSPS) is 19.1. The van der Waals surface area contributed by atoms with Gasteiger partial charge >= 0.3 is 17.6 Å². The lowest BCUT2D eigenvalue weighted by Crippen LogP contribution is -2.70. The molecular weight excluding hydrogens is 484 g/mol. The Morgan fingerprint density at radius 3 is 2.57 bits per heavy atom. The smallest absolute Gasteiger partial charge is 0.352 e. The van der Waals surface area contributed by atoms with Gasteiger partial charge in [-0.2, -0.15) is 0 Å². The third-order valence-electron chi connectivity index (χ3n) is 5.48. The van der Waals surface area contributed by atoms with Gasteiger partial charge in [0.25, 0.3) is 11.8 Å².